The smallest absolute Gasteiger partial charge is 0.317 e. The molecule has 0 bridgehead atoms. The quantitative estimate of drug-likeness (QED) is 0.505. The summed E-state index contributed by atoms with van der Waals surface area (Å²) < 4.78 is 10.3. The van der Waals surface area contributed by atoms with E-state index in [1.54, 1.807) is 11.8 Å². The van der Waals surface area contributed by atoms with Crippen LogP contribution >= 0.6 is 0 Å². The number of nitrogens with one attached hydrogen (secondary N) is 1. The van der Waals surface area contributed by atoms with Gasteiger partial charge in [-0.25, -0.2) is 4.79 Å². The van der Waals surface area contributed by atoms with Crippen molar-refractivity contribution in [1.82, 2.24) is 10.2 Å². The van der Waals surface area contributed by atoms with Gasteiger partial charge >= 0.3 is 18.0 Å². The van der Waals surface area contributed by atoms with Crippen LogP contribution < -0.4 is 5.32 Å². The molecule has 8 heteroatoms. The lowest BCUT2D eigenvalue weighted by atomic mass is 9.80. The Hall–Kier alpha value is -1.83. The fraction of sp³-hybridized carbons (Fsp3) is 0.800. The molecule has 0 aromatic heterocycles. The minimum atomic E-state index is -0.890. The molecule has 1 rings (SSSR count). The largest absolute Gasteiger partial charge is 0.481 e. The van der Waals surface area contributed by atoms with Gasteiger partial charge < -0.3 is 24.8 Å². The zero-order chi connectivity index (χ0) is 17.3. The fourth-order valence-corrected chi connectivity index (χ4v) is 2.76. The highest BCUT2D eigenvalue weighted by Crippen LogP contribution is 2.32. The Morgan fingerprint density at radius 2 is 2.09 bits per heavy atom. The molecule has 0 radical (unpaired) electrons. The molecule has 0 aliphatic carbocycles. The normalized spacial score (nSPS) is 20.9. The molecule has 0 saturated carbocycles. The van der Waals surface area contributed by atoms with Gasteiger partial charge in [0.15, 0.2) is 0 Å². The minimum absolute atomic E-state index is 0.0106. The Morgan fingerprint density at radius 3 is 2.70 bits per heavy atom. The number of piperidine rings is 1. The summed E-state index contributed by atoms with van der Waals surface area (Å²) in [7, 11) is 1.52. The standard InChI is InChI=1S/C15H26N2O6/c1-3-23-13(20)15(11-22-2)7-5-9-17(10-15)14(21)16-8-4-6-12(18)19/h3-11H2,1-2H3,(H,16,21)(H,18,19). The van der Waals surface area contributed by atoms with E-state index in [-0.39, 0.29) is 44.7 Å². The topological polar surface area (TPSA) is 105 Å². The Labute approximate surface area is 136 Å². The molecule has 0 spiro atoms. The molecule has 1 heterocycles. The molecule has 8 nitrogen and oxygen atoms in total. The number of carboxylic acids is 1. The Morgan fingerprint density at radius 1 is 1.35 bits per heavy atom. The van der Waals surface area contributed by atoms with Crippen LogP contribution in [-0.2, 0) is 19.1 Å². The number of carbonyl (C=O) groups is 3. The first-order valence-electron chi connectivity index (χ1n) is 7.86. The van der Waals surface area contributed by atoms with Gasteiger partial charge in [0.2, 0.25) is 0 Å². The molecule has 23 heavy (non-hydrogen) atoms. The van der Waals surface area contributed by atoms with Crippen LogP contribution in [0, 0.1) is 5.41 Å². The van der Waals surface area contributed by atoms with Crippen LogP contribution in [0.2, 0.25) is 0 Å². The van der Waals surface area contributed by atoms with E-state index >= 15 is 0 Å². The van der Waals surface area contributed by atoms with Crippen LogP contribution in [0.25, 0.3) is 0 Å². The molecule has 1 aliphatic heterocycles. The van der Waals surface area contributed by atoms with Crippen molar-refractivity contribution in [2.24, 2.45) is 5.41 Å². The summed E-state index contributed by atoms with van der Waals surface area (Å²) in [6.45, 7) is 3.31. The number of hydrogen-bond acceptors (Lipinski definition) is 5. The van der Waals surface area contributed by atoms with Crippen molar-refractivity contribution < 1.29 is 29.0 Å². The van der Waals surface area contributed by atoms with Gasteiger partial charge in [-0.3, -0.25) is 9.59 Å². The highest BCUT2D eigenvalue weighted by Gasteiger charge is 2.44. The number of rotatable bonds is 8. The maximum absolute atomic E-state index is 12.3. The van der Waals surface area contributed by atoms with Crippen molar-refractivity contribution >= 4 is 18.0 Å². The van der Waals surface area contributed by atoms with Crippen molar-refractivity contribution in [1.29, 1.82) is 0 Å². The first kappa shape index (κ1) is 19.2. The summed E-state index contributed by atoms with van der Waals surface area (Å²) in [5.41, 5.74) is -0.832. The number of ether oxygens (including phenoxy) is 2. The van der Waals surface area contributed by atoms with Gasteiger partial charge in [-0.15, -0.1) is 0 Å². The van der Waals surface area contributed by atoms with Gasteiger partial charge in [0, 0.05) is 33.2 Å². The van der Waals surface area contributed by atoms with Crippen LogP contribution in [-0.4, -0.2) is 67.9 Å². The first-order valence-corrected chi connectivity index (χ1v) is 7.86. The van der Waals surface area contributed by atoms with Crippen LogP contribution in [0.15, 0.2) is 0 Å². The predicted octanol–water partition coefficient (Wildman–Crippen LogP) is 0.853. The first-order chi connectivity index (χ1) is 10.9. The molecule has 2 N–H and O–H groups in total. The van der Waals surface area contributed by atoms with Crippen LogP contribution in [0.1, 0.15) is 32.6 Å². The van der Waals surface area contributed by atoms with E-state index < -0.39 is 11.4 Å². The number of aliphatic carboxylic acids is 1. The Kier molecular flexibility index (Phi) is 7.80. The summed E-state index contributed by atoms with van der Waals surface area (Å²) in [5.74, 6) is -1.23. The number of hydrogen-bond donors (Lipinski definition) is 2. The Bertz CT molecular complexity index is 424. The number of carboxylic acid groups (broad SMARTS) is 1. The zero-order valence-electron chi connectivity index (χ0n) is 13.8. The number of likely N-dealkylation sites (tertiary alicyclic amines) is 1. The maximum Gasteiger partial charge on any atom is 0.317 e. The molecule has 1 aliphatic rings. The van der Waals surface area contributed by atoms with E-state index in [1.165, 1.54) is 7.11 Å². The van der Waals surface area contributed by atoms with Gasteiger partial charge in [-0.05, 0) is 26.2 Å². The van der Waals surface area contributed by atoms with Crippen LogP contribution in [0.3, 0.4) is 0 Å². The highest BCUT2D eigenvalue weighted by atomic mass is 16.5. The lowest BCUT2D eigenvalue weighted by Gasteiger charge is -2.40. The lowest BCUT2D eigenvalue weighted by molar-refractivity contribution is -0.162. The summed E-state index contributed by atoms with van der Waals surface area (Å²) in [4.78, 5) is 36.5. The number of carbonyl (C=O) groups excluding carboxylic acids is 2. The molecule has 1 unspecified atom stereocenters. The van der Waals surface area contributed by atoms with Gasteiger partial charge in [-0.1, -0.05) is 0 Å². The average molecular weight is 330 g/mol. The average Bonchev–Trinajstić information content (AvgIpc) is 2.52. The number of amides is 2. The fourth-order valence-electron chi connectivity index (χ4n) is 2.76. The summed E-state index contributed by atoms with van der Waals surface area (Å²) >= 11 is 0. The second-order valence-electron chi connectivity index (χ2n) is 5.69. The predicted molar refractivity (Wildman–Crippen MR) is 82.0 cm³/mol. The molecule has 0 aromatic carbocycles. The van der Waals surface area contributed by atoms with E-state index in [4.69, 9.17) is 14.6 Å². The van der Waals surface area contributed by atoms with E-state index in [2.05, 4.69) is 5.32 Å². The number of nitrogens with zero attached hydrogens (tertiary/aromatic N) is 1. The summed E-state index contributed by atoms with van der Waals surface area (Å²) in [6, 6.07) is -0.292. The molecule has 1 fully saturated rings. The third-order valence-corrected chi connectivity index (χ3v) is 3.84. The van der Waals surface area contributed by atoms with Gasteiger partial charge in [0.05, 0.1) is 13.2 Å². The molecule has 1 atom stereocenters. The lowest BCUT2D eigenvalue weighted by Crippen LogP contribution is -2.54. The highest BCUT2D eigenvalue weighted by molar-refractivity contribution is 5.80. The maximum atomic E-state index is 12.3. The van der Waals surface area contributed by atoms with Gasteiger partial charge in [0.1, 0.15) is 5.41 Å². The minimum Gasteiger partial charge on any atom is -0.481 e. The van der Waals surface area contributed by atoms with E-state index in [0.29, 0.717) is 25.8 Å². The van der Waals surface area contributed by atoms with E-state index in [9.17, 15) is 14.4 Å². The molecular weight excluding hydrogens is 304 g/mol. The Balaban J connectivity index is 2.61. The third-order valence-electron chi connectivity index (χ3n) is 3.84. The number of esters is 1. The molecule has 2 amide bonds. The molecule has 0 aromatic rings. The molecule has 1 saturated heterocycles. The summed E-state index contributed by atoms with van der Waals surface area (Å²) in [6.07, 6.45) is 1.68. The molecular formula is C15H26N2O6. The monoisotopic (exact) mass is 330 g/mol. The van der Waals surface area contributed by atoms with Crippen molar-refractivity contribution in [3.8, 4) is 0 Å². The zero-order valence-corrected chi connectivity index (χ0v) is 13.8. The SMILES string of the molecule is CCOC(=O)C1(COC)CCCN(C(=O)NCCCC(=O)O)C1. The number of urea groups is 1. The van der Waals surface area contributed by atoms with Crippen molar-refractivity contribution in [3.05, 3.63) is 0 Å². The van der Waals surface area contributed by atoms with Crippen molar-refractivity contribution in [2.45, 2.75) is 32.6 Å². The van der Waals surface area contributed by atoms with Crippen LogP contribution in [0.4, 0.5) is 4.79 Å². The van der Waals surface area contributed by atoms with Gasteiger partial charge in [0.25, 0.3) is 0 Å². The van der Waals surface area contributed by atoms with Crippen molar-refractivity contribution in [3.63, 3.8) is 0 Å². The van der Waals surface area contributed by atoms with Crippen LogP contribution in [0.5, 0.6) is 0 Å². The molecule has 132 valence electrons. The van der Waals surface area contributed by atoms with E-state index in [1.807, 2.05) is 0 Å². The third kappa shape index (κ3) is 5.70. The summed E-state index contributed by atoms with van der Waals surface area (Å²) in [5, 5.41) is 11.3. The number of methoxy groups -OCH3 is 1. The second-order valence-corrected chi connectivity index (χ2v) is 5.69. The van der Waals surface area contributed by atoms with E-state index in [0.717, 1.165) is 0 Å². The van der Waals surface area contributed by atoms with Gasteiger partial charge in [-0.2, -0.15) is 0 Å². The second kappa shape index (κ2) is 9.34. The van der Waals surface area contributed by atoms with Crippen molar-refractivity contribution in [2.75, 3.05) is 40.0 Å².